The maximum atomic E-state index is 11.8. The molecule has 2 rings (SSSR count). The summed E-state index contributed by atoms with van der Waals surface area (Å²) in [6.07, 6.45) is 0.154. The van der Waals surface area contributed by atoms with Crippen LogP contribution in [0.15, 0.2) is 22.7 Å². The van der Waals surface area contributed by atoms with Crippen molar-refractivity contribution in [2.45, 2.75) is 6.42 Å². The molecule has 1 aliphatic heterocycles. The Balaban J connectivity index is 2.29. The molecule has 6 heteroatoms. The van der Waals surface area contributed by atoms with Crippen molar-refractivity contribution in [2.24, 2.45) is 11.7 Å². The molecule has 0 bridgehead atoms. The van der Waals surface area contributed by atoms with Crippen LogP contribution in [0.3, 0.4) is 0 Å². The van der Waals surface area contributed by atoms with Crippen LogP contribution in [-0.2, 0) is 9.59 Å². The van der Waals surface area contributed by atoms with Crippen LogP contribution in [-0.4, -0.2) is 18.4 Å². The van der Waals surface area contributed by atoms with Crippen molar-refractivity contribution >= 4 is 45.0 Å². The first-order valence-electron chi connectivity index (χ1n) is 5.04. The van der Waals surface area contributed by atoms with Gasteiger partial charge in [0, 0.05) is 17.4 Å². The zero-order valence-corrected chi connectivity index (χ0v) is 11.2. The predicted octanol–water partition coefficient (Wildman–Crippen LogP) is 1.94. The number of halogens is 2. The van der Waals surface area contributed by atoms with Gasteiger partial charge in [-0.15, -0.1) is 0 Å². The van der Waals surface area contributed by atoms with E-state index in [9.17, 15) is 9.59 Å². The molecule has 1 heterocycles. The van der Waals surface area contributed by atoms with Gasteiger partial charge >= 0.3 is 0 Å². The average molecular weight is 318 g/mol. The lowest BCUT2D eigenvalue weighted by Gasteiger charge is -2.17. The molecule has 1 aliphatic rings. The minimum absolute atomic E-state index is 0.127. The number of hydrogen-bond donors (Lipinski definition) is 1. The Morgan fingerprint density at radius 1 is 1.53 bits per heavy atom. The Morgan fingerprint density at radius 3 is 2.76 bits per heavy atom. The molecular weight excluding hydrogens is 307 g/mol. The van der Waals surface area contributed by atoms with Crippen LogP contribution in [0.25, 0.3) is 0 Å². The first kappa shape index (κ1) is 12.4. The topological polar surface area (TPSA) is 63.4 Å². The molecule has 2 amide bonds. The maximum absolute atomic E-state index is 11.8. The molecule has 1 saturated heterocycles. The zero-order valence-electron chi connectivity index (χ0n) is 8.82. The third-order valence-corrected chi connectivity index (χ3v) is 3.52. The van der Waals surface area contributed by atoms with Crippen molar-refractivity contribution in [1.29, 1.82) is 0 Å². The van der Waals surface area contributed by atoms with Crippen molar-refractivity contribution in [3.63, 3.8) is 0 Å². The average Bonchev–Trinajstić information content (AvgIpc) is 2.61. The Morgan fingerprint density at radius 2 is 2.24 bits per heavy atom. The van der Waals surface area contributed by atoms with Crippen molar-refractivity contribution in [3.8, 4) is 0 Å². The van der Waals surface area contributed by atoms with E-state index in [0.717, 1.165) is 4.47 Å². The number of rotatable bonds is 2. The second-order valence-electron chi connectivity index (χ2n) is 3.90. The number of carbonyl (C=O) groups excluding carboxylic acids is 2. The van der Waals surface area contributed by atoms with Crippen molar-refractivity contribution < 1.29 is 9.59 Å². The third-order valence-electron chi connectivity index (χ3n) is 2.73. The van der Waals surface area contributed by atoms with E-state index in [0.29, 0.717) is 17.3 Å². The van der Waals surface area contributed by atoms with Crippen LogP contribution in [0.5, 0.6) is 0 Å². The molecule has 1 aromatic rings. The minimum Gasteiger partial charge on any atom is -0.369 e. The number of hydrogen-bond acceptors (Lipinski definition) is 2. The monoisotopic (exact) mass is 316 g/mol. The first-order valence-corrected chi connectivity index (χ1v) is 6.21. The molecule has 4 nitrogen and oxygen atoms in total. The van der Waals surface area contributed by atoms with Crippen LogP contribution in [0.2, 0.25) is 5.02 Å². The third kappa shape index (κ3) is 2.45. The fraction of sp³-hybridized carbons (Fsp3) is 0.273. The molecule has 0 saturated carbocycles. The Hall–Kier alpha value is -1.07. The van der Waals surface area contributed by atoms with E-state index in [-0.39, 0.29) is 12.3 Å². The van der Waals surface area contributed by atoms with Gasteiger partial charge in [0.1, 0.15) is 0 Å². The summed E-state index contributed by atoms with van der Waals surface area (Å²) in [5, 5.41) is 0.470. The highest BCUT2D eigenvalue weighted by atomic mass is 79.9. The molecule has 0 aliphatic carbocycles. The molecule has 2 N–H and O–H groups in total. The summed E-state index contributed by atoms with van der Waals surface area (Å²) in [6, 6.07) is 5.25. The lowest BCUT2D eigenvalue weighted by molar-refractivity contribution is -0.123. The fourth-order valence-corrected chi connectivity index (χ4v) is 2.61. The SMILES string of the molecule is NC(=O)[C@@H]1CC(=O)N(c2ccc(Br)cc2Cl)C1. The van der Waals surface area contributed by atoms with E-state index in [2.05, 4.69) is 15.9 Å². The standard InChI is InChI=1S/C11H10BrClN2O2/c12-7-1-2-9(8(13)4-7)15-5-6(11(14)17)3-10(15)16/h1-2,4,6H,3,5H2,(H2,14,17)/t6-/m1/s1. The summed E-state index contributed by atoms with van der Waals surface area (Å²) in [6.45, 7) is 0.301. The van der Waals surface area contributed by atoms with E-state index in [1.807, 2.05) is 0 Å². The number of nitrogens with two attached hydrogens (primary N) is 1. The van der Waals surface area contributed by atoms with Crippen LogP contribution < -0.4 is 10.6 Å². The number of carbonyl (C=O) groups is 2. The molecular formula is C11H10BrClN2O2. The largest absolute Gasteiger partial charge is 0.369 e. The zero-order chi connectivity index (χ0) is 12.6. The van der Waals surface area contributed by atoms with Gasteiger partial charge in [0.15, 0.2) is 0 Å². The van der Waals surface area contributed by atoms with Crippen LogP contribution in [0.4, 0.5) is 5.69 Å². The smallest absolute Gasteiger partial charge is 0.227 e. The van der Waals surface area contributed by atoms with Gasteiger partial charge in [-0.05, 0) is 18.2 Å². The highest BCUT2D eigenvalue weighted by Gasteiger charge is 2.34. The predicted molar refractivity (Wildman–Crippen MR) is 68.8 cm³/mol. The van der Waals surface area contributed by atoms with E-state index >= 15 is 0 Å². The molecule has 0 radical (unpaired) electrons. The van der Waals surface area contributed by atoms with Gasteiger partial charge in [-0.1, -0.05) is 27.5 Å². The normalized spacial score (nSPS) is 19.8. The molecule has 0 spiro atoms. The van der Waals surface area contributed by atoms with Gasteiger partial charge in [-0.3, -0.25) is 9.59 Å². The molecule has 90 valence electrons. The summed E-state index contributed by atoms with van der Waals surface area (Å²) < 4.78 is 0.837. The summed E-state index contributed by atoms with van der Waals surface area (Å²) in [5.74, 6) is -1.01. The summed E-state index contributed by atoms with van der Waals surface area (Å²) in [4.78, 5) is 24.3. The number of benzene rings is 1. The Labute approximate surface area is 112 Å². The van der Waals surface area contributed by atoms with Crippen LogP contribution >= 0.6 is 27.5 Å². The maximum Gasteiger partial charge on any atom is 0.227 e. The van der Waals surface area contributed by atoms with E-state index < -0.39 is 11.8 Å². The van der Waals surface area contributed by atoms with Gasteiger partial charge in [0.25, 0.3) is 0 Å². The van der Waals surface area contributed by atoms with E-state index in [4.69, 9.17) is 17.3 Å². The molecule has 1 aromatic carbocycles. The van der Waals surface area contributed by atoms with E-state index in [1.165, 1.54) is 4.90 Å². The molecule has 17 heavy (non-hydrogen) atoms. The Kier molecular flexibility index (Phi) is 3.40. The number of amides is 2. The highest BCUT2D eigenvalue weighted by molar-refractivity contribution is 9.10. The van der Waals surface area contributed by atoms with Crippen molar-refractivity contribution in [2.75, 3.05) is 11.4 Å². The molecule has 0 aromatic heterocycles. The quantitative estimate of drug-likeness (QED) is 0.906. The summed E-state index contributed by atoms with van der Waals surface area (Å²) in [7, 11) is 0. The Bertz CT molecular complexity index is 492. The lowest BCUT2D eigenvalue weighted by Crippen LogP contribution is -2.28. The first-order chi connectivity index (χ1) is 7.99. The van der Waals surface area contributed by atoms with E-state index in [1.54, 1.807) is 18.2 Å². The summed E-state index contributed by atoms with van der Waals surface area (Å²) >= 11 is 9.36. The van der Waals surface area contributed by atoms with Crippen LogP contribution in [0, 0.1) is 5.92 Å². The lowest BCUT2D eigenvalue weighted by atomic mass is 10.1. The second-order valence-corrected chi connectivity index (χ2v) is 5.23. The van der Waals surface area contributed by atoms with Crippen LogP contribution in [0.1, 0.15) is 6.42 Å². The molecule has 1 atom stereocenters. The minimum atomic E-state index is -0.450. The summed E-state index contributed by atoms with van der Waals surface area (Å²) in [5.41, 5.74) is 5.82. The highest BCUT2D eigenvalue weighted by Crippen LogP contribution is 2.33. The fourth-order valence-electron chi connectivity index (χ4n) is 1.83. The van der Waals surface area contributed by atoms with Gasteiger partial charge in [0.05, 0.1) is 16.6 Å². The second kappa shape index (κ2) is 4.66. The van der Waals surface area contributed by atoms with Gasteiger partial charge < -0.3 is 10.6 Å². The number of nitrogens with zero attached hydrogens (tertiary/aromatic N) is 1. The molecule has 0 unspecified atom stereocenters. The van der Waals surface area contributed by atoms with Gasteiger partial charge in [0.2, 0.25) is 11.8 Å². The number of anilines is 1. The van der Waals surface area contributed by atoms with Crippen molar-refractivity contribution in [1.82, 2.24) is 0 Å². The van der Waals surface area contributed by atoms with Crippen molar-refractivity contribution in [3.05, 3.63) is 27.7 Å². The van der Waals surface area contributed by atoms with Gasteiger partial charge in [-0.2, -0.15) is 0 Å². The van der Waals surface area contributed by atoms with Gasteiger partial charge in [-0.25, -0.2) is 0 Å². The molecule has 1 fully saturated rings. The number of primary amides is 1.